The smallest absolute Gasteiger partial charge is 0.308 e. The maximum atomic E-state index is 10.6. The summed E-state index contributed by atoms with van der Waals surface area (Å²) in [6, 6.07) is 0. The first-order chi connectivity index (χ1) is 9.40. The van der Waals surface area contributed by atoms with Gasteiger partial charge in [0.1, 0.15) is 0 Å². The molecule has 0 bridgehead atoms. The summed E-state index contributed by atoms with van der Waals surface area (Å²) in [6.07, 6.45) is -1.57. The molecular formula is C12H24ClNO6. The van der Waals surface area contributed by atoms with Gasteiger partial charge in [-0.25, -0.2) is 0 Å². The molecule has 0 aliphatic rings. The number of halogens is 1. The van der Waals surface area contributed by atoms with E-state index < -0.39 is 24.1 Å². The second-order valence-electron chi connectivity index (χ2n) is 3.72. The third kappa shape index (κ3) is 15.2. The van der Waals surface area contributed by atoms with Crippen LogP contribution in [0.5, 0.6) is 0 Å². The molecule has 0 aliphatic heterocycles. The average Bonchev–Trinajstić information content (AvgIpc) is 2.39. The summed E-state index contributed by atoms with van der Waals surface area (Å²) in [4.78, 5) is 21.1. The van der Waals surface area contributed by atoms with E-state index in [0.717, 1.165) is 0 Å². The maximum absolute atomic E-state index is 10.6. The average molecular weight is 314 g/mol. The van der Waals surface area contributed by atoms with E-state index in [1.807, 2.05) is 0 Å². The van der Waals surface area contributed by atoms with Gasteiger partial charge in [-0.2, -0.15) is 0 Å². The van der Waals surface area contributed by atoms with E-state index in [-0.39, 0.29) is 25.3 Å². The van der Waals surface area contributed by atoms with Crippen LogP contribution in [0.1, 0.15) is 26.7 Å². The number of carbonyl (C=O) groups is 2. The summed E-state index contributed by atoms with van der Waals surface area (Å²) in [5, 5.41) is 17.7. The number of rotatable bonds is 8. The molecular weight excluding hydrogens is 290 g/mol. The van der Waals surface area contributed by atoms with E-state index in [1.54, 1.807) is 13.8 Å². The molecule has 2 atom stereocenters. The molecule has 0 spiro atoms. The van der Waals surface area contributed by atoms with Gasteiger partial charge < -0.3 is 25.4 Å². The van der Waals surface area contributed by atoms with Crippen LogP contribution >= 0.6 is 11.6 Å². The number of aliphatic hydroxyl groups excluding tert-OH is 2. The highest BCUT2D eigenvalue weighted by molar-refractivity contribution is 6.18. The maximum Gasteiger partial charge on any atom is 0.308 e. The Bertz CT molecular complexity index is 238. The SMILES string of the molecule is CCOC(=O)C[C@H](O)CCl.CCOC(=O)C[C@H](O)CN. The third-order valence-electron chi connectivity index (χ3n) is 1.87. The van der Waals surface area contributed by atoms with Gasteiger partial charge in [-0.3, -0.25) is 9.59 Å². The van der Waals surface area contributed by atoms with Crippen LogP contribution in [0.15, 0.2) is 0 Å². The minimum absolute atomic E-state index is 0.00958. The zero-order chi connectivity index (χ0) is 16.0. The van der Waals surface area contributed by atoms with E-state index >= 15 is 0 Å². The summed E-state index contributed by atoms with van der Waals surface area (Å²) >= 11 is 5.24. The van der Waals surface area contributed by atoms with Crippen molar-refractivity contribution in [3.05, 3.63) is 0 Å². The first-order valence-electron chi connectivity index (χ1n) is 6.34. The molecule has 0 aromatic carbocycles. The first-order valence-corrected chi connectivity index (χ1v) is 6.87. The highest BCUT2D eigenvalue weighted by atomic mass is 35.5. The standard InChI is InChI=1S/C6H11ClO3.C6H13NO3/c2*1-2-10-6(9)3-5(8)4-7/h5,8H,2-4H2,1H3;5,8H,2-4,7H2,1H3/t2*5-/m00/s1. The Morgan fingerprint density at radius 2 is 1.45 bits per heavy atom. The molecule has 120 valence electrons. The lowest BCUT2D eigenvalue weighted by Gasteiger charge is -2.05. The number of carbonyl (C=O) groups excluding carboxylic acids is 2. The van der Waals surface area contributed by atoms with Crippen molar-refractivity contribution in [2.24, 2.45) is 5.73 Å². The molecule has 0 aliphatic carbocycles. The summed E-state index contributed by atoms with van der Waals surface area (Å²) < 4.78 is 9.12. The normalized spacial score (nSPS) is 12.7. The van der Waals surface area contributed by atoms with Crippen molar-refractivity contribution in [2.75, 3.05) is 25.6 Å². The van der Waals surface area contributed by atoms with E-state index in [9.17, 15) is 9.59 Å². The van der Waals surface area contributed by atoms with Crippen molar-refractivity contribution in [3.63, 3.8) is 0 Å². The predicted molar refractivity (Wildman–Crippen MR) is 74.3 cm³/mol. The molecule has 8 heteroatoms. The number of alkyl halides is 1. The highest BCUT2D eigenvalue weighted by Gasteiger charge is 2.09. The van der Waals surface area contributed by atoms with Crippen LogP contribution in [-0.4, -0.2) is 60.0 Å². The predicted octanol–water partition coefficient (Wildman–Crippen LogP) is -0.201. The molecule has 0 rings (SSSR count). The molecule has 0 fully saturated rings. The highest BCUT2D eigenvalue weighted by Crippen LogP contribution is 1.96. The number of nitrogens with two attached hydrogens (primary N) is 1. The third-order valence-corrected chi connectivity index (χ3v) is 2.22. The molecule has 0 unspecified atom stereocenters. The van der Waals surface area contributed by atoms with Crippen molar-refractivity contribution in [1.82, 2.24) is 0 Å². The van der Waals surface area contributed by atoms with Crippen LogP contribution in [0.3, 0.4) is 0 Å². The number of hydrogen-bond donors (Lipinski definition) is 3. The molecule has 0 saturated heterocycles. The van der Waals surface area contributed by atoms with Gasteiger partial charge in [0.15, 0.2) is 0 Å². The zero-order valence-electron chi connectivity index (χ0n) is 11.9. The lowest BCUT2D eigenvalue weighted by atomic mass is 10.2. The summed E-state index contributed by atoms with van der Waals surface area (Å²) in [5.74, 6) is -0.741. The van der Waals surface area contributed by atoms with Gasteiger partial charge in [0.2, 0.25) is 0 Å². The van der Waals surface area contributed by atoms with Crippen molar-refractivity contribution in [3.8, 4) is 0 Å². The van der Waals surface area contributed by atoms with Gasteiger partial charge in [0.05, 0.1) is 38.3 Å². The largest absolute Gasteiger partial charge is 0.466 e. The molecule has 0 amide bonds. The van der Waals surface area contributed by atoms with Crippen LogP contribution in [0, 0.1) is 0 Å². The Kier molecular flexibility index (Phi) is 15.5. The fraction of sp³-hybridized carbons (Fsp3) is 0.833. The Labute approximate surface area is 124 Å². The molecule has 0 saturated carbocycles. The molecule has 7 nitrogen and oxygen atoms in total. The first kappa shape index (κ1) is 21.4. The minimum atomic E-state index is -0.777. The van der Waals surface area contributed by atoms with Crippen LogP contribution in [0.4, 0.5) is 0 Å². The molecule has 0 heterocycles. The molecule has 20 heavy (non-hydrogen) atoms. The zero-order valence-corrected chi connectivity index (χ0v) is 12.6. The lowest BCUT2D eigenvalue weighted by Crippen LogP contribution is -2.23. The van der Waals surface area contributed by atoms with Crippen LogP contribution < -0.4 is 5.73 Å². The van der Waals surface area contributed by atoms with Gasteiger partial charge >= 0.3 is 11.9 Å². The van der Waals surface area contributed by atoms with E-state index in [0.29, 0.717) is 13.2 Å². The van der Waals surface area contributed by atoms with Crippen LogP contribution in [0.2, 0.25) is 0 Å². The lowest BCUT2D eigenvalue weighted by molar-refractivity contribution is -0.146. The van der Waals surface area contributed by atoms with Crippen molar-refractivity contribution in [2.45, 2.75) is 38.9 Å². The van der Waals surface area contributed by atoms with E-state index in [4.69, 9.17) is 27.5 Å². The van der Waals surface area contributed by atoms with Crippen molar-refractivity contribution in [1.29, 1.82) is 0 Å². The van der Waals surface area contributed by atoms with Crippen molar-refractivity contribution < 1.29 is 29.3 Å². The number of ether oxygens (including phenoxy) is 2. The molecule has 0 radical (unpaired) electrons. The summed E-state index contributed by atoms with van der Waals surface area (Å²) in [6.45, 7) is 4.21. The fourth-order valence-corrected chi connectivity index (χ4v) is 1.07. The second-order valence-corrected chi connectivity index (χ2v) is 4.02. The minimum Gasteiger partial charge on any atom is -0.466 e. The second kappa shape index (κ2) is 14.5. The number of aliphatic hydroxyl groups is 2. The number of esters is 2. The van der Waals surface area contributed by atoms with Crippen LogP contribution in [-0.2, 0) is 19.1 Å². The van der Waals surface area contributed by atoms with Gasteiger partial charge in [-0.1, -0.05) is 0 Å². The number of hydrogen-bond acceptors (Lipinski definition) is 7. The van der Waals surface area contributed by atoms with Gasteiger partial charge in [0, 0.05) is 12.4 Å². The summed E-state index contributed by atoms with van der Waals surface area (Å²) in [5.41, 5.74) is 5.06. The topological polar surface area (TPSA) is 119 Å². The van der Waals surface area contributed by atoms with Crippen LogP contribution in [0.25, 0.3) is 0 Å². The molecule has 0 aromatic rings. The Balaban J connectivity index is 0. The van der Waals surface area contributed by atoms with E-state index in [2.05, 4.69) is 9.47 Å². The molecule has 4 N–H and O–H groups in total. The quantitative estimate of drug-likeness (QED) is 0.419. The monoisotopic (exact) mass is 313 g/mol. The van der Waals surface area contributed by atoms with Gasteiger partial charge in [-0.05, 0) is 13.8 Å². The van der Waals surface area contributed by atoms with E-state index in [1.165, 1.54) is 0 Å². The fourth-order valence-electron chi connectivity index (χ4n) is 0.962. The summed E-state index contributed by atoms with van der Waals surface area (Å²) in [7, 11) is 0. The Hall–Kier alpha value is -0.890. The van der Waals surface area contributed by atoms with Crippen molar-refractivity contribution >= 4 is 23.5 Å². The molecule has 0 aromatic heterocycles. The van der Waals surface area contributed by atoms with Gasteiger partial charge in [0.25, 0.3) is 0 Å². The Morgan fingerprint density at radius 1 is 1.05 bits per heavy atom. The Morgan fingerprint density at radius 3 is 1.75 bits per heavy atom. The van der Waals surface area contributed by atoms with Gasteiger partial charge in [-0.15, -0.1) is 11.6 Å².